The van der Waals surface area contributed by atoms with E-state index in [0.29, 0.717) is 17.9 Å². The lowest BCUT2D eigenvalue weighted by atomic mass is 10.2. The minimum absolute atomic E-state index is 0.165. The van der Waals surface area contributed by atoms with Crippen molar-refractivity contribution in [3.05, 3.63) is 65.0 Å². The van der Waals surface area contributed by atoms with Crippen LogP contribution in [0.25, 0.3) is 11.0 Å². The third-order valence-electron chi connectivity index (χ3n) is 2.97. The summed E-state index contributed by atoms with van der Waals surface area (Å²) in [5.74, 6) is 1.48. The molecule has 4 nitrogen and oxygen atoms in total. The molecule has 2 aromatic carbocycles. The number of fused-ring (bicyclic) bond motifs is 1. The van der Waals surface area contributed by atoms with Gasteiger partial charge in [-0.1, -0.05) is 18.2 Å². The van der Waals surface area contributed by atoms with Gasteiger partial charge in [-0.2, -0.15) is 0 Å². The Morgan fingerprint density at radius 1 is 1.00 bits per heavy atom. The third kappa shape index (κ3) is 2.89. The van der Waals surface area contributed by atoms with Crippen LogP contribution in [0.15, 0.2) is 63.8 Å². The van der Waals surface area contributed by atoms with E-state index in [2.05, 4.69) is 0 Å². The second-order valence-electron chi connectivity index (χ2n) is 4.44. The highest BCUT2D eigenvalue weighted by Crippen LogP contribution is 2.24. The standard InChI is InChI=1S/C17H14O4/c1-2-19-13-7-9-14(10-8-13)20-16-11-12-5-3-4-6-15(12)21-17(16)18/h3-11H,2H2,1H3. The fraction of sp³-hybridized carbons (Fsp3) is 0.118. The molecule has 0 aliphatic heterocycles. The minimum atomic E-state index is -0.498. The van der Waals surface area contributed by atoms with Gasteiger partial charge in [0.15, 0.2) is 0 Å². The molecule has 21 heavy (non-hydrogen) atoms. The van der Waals surface area contributed by atoms with Crippen LogP contribution in [-0.2, 0) is 0 Å². The van der Waals surface area contributed by atoms with Crippen molar-refractivity contribution in [1.29, 1.82) is 0 Å². The second kappa shape index (κ2) is 5.71. The molecule has 0 atom stereocenters. The predicted molar refractivity (Wildman–Crippen MR) is 80.2 cm³/mol. The maximum atomic E-state index is 11.9. The van der Waals surface area contributed by atoms with E-state index in [-0.39, 0.29) is 5.75 Å². The van der Waals surface area contributed by atoms with E-state index in [1.165, 1.54) is 0 Å². The van der Waals surface area contributed by atoms with E-state index >= 15 is 0 Å². The van der Waals surface area contributed by atoms with Crippen molar-refractivity contribution in [3.8, 4) is 17.2 Å². The number of hydrogen-bond acceptors (Lipinski definition) is 4. The molecule has 0 unspecified atom stereocenters. The van der Waals surface area contributed by atoms with Gasteiger partial charge in [0.25, 0.3) is 0 Å². The van der Waals surface area contributed by atoms with Crippen molar-refractivity contribution in [3.63, 3.8) is 0 Å². The Balaban J connectivity index is 1.90. The van der Waals surface area contributed by atoms with Crippen LogP contribution in [0.4, 0.5) is 0 Å². The summed E-state index contributed by atoms with van der Waals surface area (Å²) in [5.41, 5.74) is 0.0455. The van der Waals surface area contributed by atoms with Gasteiger partial charge in [-0.05, 0) is 43.3 Å². The molecule has 3 aromatic rings. The zero-order chi connectivity index (χ0) is 14.7. The van der Waals surface area contributed by atoms with Crippen molar-refractivity contribution < 1.29 is 13.9 Å². The van der Waals surface area contributed by atoms with E-state index in [1.807, 2.05) is 25.1 Å². The highest BCUT2D eigenvalue weighted by molar-refractivity contribution is 5.77. The molecule has 0 saturated heterocycles. The smallest absolute Gasteiger partial charge is 0.379 e. The van der Waals surface area contributed by atoms with E-state index in [9.17, 15) is 4.79 Å². The van der Waals surface area contributed by atoms with Crippen molar-refractivity contribution in [1.82, 2.24) is 0 Å². The lowest BCUT2D eigenvalue weighted by Crippen LogP contribution is -2.02. The van der Waals surface area contributed by atoms with Gasteiger partial charge in [-0.25, -0.2) is 4.79 Å². The van der Waals surface area contributed by atoms with Crippen LogP contribution in [-0.4, -0.2) is 6.61 Å². The lowest BCUT2D eigenvalue weighted by molar-refractivity contribution is 0.339. The normalized spacial score (nSPS) is 10.5. The quantitative estimate of drug-likeness (QED) is 0.679. The number of para-hydroxylation sites is 1. The molecule has 0 fully saturated rings. The van der Waals surface area contributed by atoms with E-state index < -0.39 is 5.63 Å². The summed E-state index contributed by atoms with van der Waals surface area (Å²) in [7, 11) is 0. The molecular weight excluding hydrogens is 268 g/mol. The Hall–Kier alpha value is -2.75. The molecule has 0 saturated carbocycles. The molecule has 3 rings (SSSR count). The largest absolute Gasteiger partial charge is 0.494 e. The van der Waals surface area contributed by atoms with Crippen LogP contribution >= 0.6 is 0 Å². The third-order valence-corrected chi connectivity index (χ3v) is 2.97. The van der Waals surface area contributed by atoms with Gasteiger partial charge in [0.05, 0.1) is 6.61 Å². The summed E-state index contributed by atoms with van der Waals surface area (Å²) in [6.45, 7) is 2.53. The van der Waals surface area contributed by atoms with Crippen molar-refractivity contribution >= 4 is 11.0 Å². The van der Waals surface area contributed by atoms with E-state index in [0.717, 1.165) is 11.1 Å². The van der Waals surface area contributed by atoms with Crippen molar-refractivity contribution in [2.75, 3.05) is 6.61 Å². The topological polar surface area (TPSA) is 48.7 Å². The Morgan fingerprint density at radius 2 is 1.71 bits per heavy atom. The first-order chi connectivity index (χ1) is 10.3. The molecular formula is C17H14O4. The van der Waals surface area contributed by atoms with Gasteiger partial charge in [-0.15, -0.1) is 0 Å². The van der Waals surface area contributed by atoms with Crippen molar-refractivity contribution in [2.45, 2.75) is 6.92 Å². The average molecular weight is 282 g/mol. The van der Waals surface area contributed by atoms with Crippen LogP contribution < -0.4 is 15.1 Å². The Morgan fingerprint density at radius 3 is 2.48 bits per heavy atom. The molecule has 0 aliphatic rings. The number of rotatable bonds is 4. The summed E-state index contributed by atoms with van der Waals surface area (Å²) in [6.07, 6.45) is 0. The van der Waals surface area contributed by atoms with Gasteiger partial charge in [0, 0.05) is 5.39 Å². The van der Waals surface area contributed by atoms with Gasteiger partial charge in [0.1, 0.15) is 17.1 Å². The molecule has 0 radical (unpaired) electrons. The summed E-state index contributed by atoms with van der Waals surface area (Å²) < 4.78 is 16.2. The molecule has 106 valence electrons. The maximum absolute atomic E-state index is 11.9. The van der Waals surface area contributed by atoms with Gasteiger partial charge in [-0.3, -0.25) is 0 Å². The maximum Gasteiger partial charge on any atom is 0.379 e. The number of benzene rings is 2. The molecule has 1 aromatic heterocycles. The van der Waals surface area contributed by atoms with E-state index in [1.54, 1.807) is 36.4 Å². The molecule has 0 aliphatic carbocycles. The predicted octanol–water partition coefficient (Wildman–Crippen LogP) is 3.98. The monoisotopic (exact) mass is 282 g/mol. The Labute approximate surface area is 121 Å². The number of ether oxygens (including phenoxy) is 2. The van der Waals surface area contributed by atoms with Crippen LogP contribution in [0.1, 0.15) is 6.92 Å². The van der Waals surface area contributed by atoms with E-state index in [4.69, 9.17) is 13.9 Å². The number of hydrogen-bond donors (Lipinski definition) is 0. The first-order valence-electron chi connectivity index (χ1n) is 6.70. The van der Waals surface area contributed by atoms with Crippen molar-refractivity contribution in [2.24, 2.45) is 0 Å². The highest BCUT2D eigenvalue weighted by Gasteiger charge is 2.07. The van der Waals surface area contributed by atoms with Crippen LogP contribution in [0.2, 0.25) is 0 Å². The fourth-order valence-electron chi connectivity index (χ4n) is 2.01. The molecule has 0 spiro atoms. The van der Waals surface area contributed by atoms with Gasteiger partial charge in [0.2, 0.25) is 5.75 Å². The Kier molecular flexibility index (Phi) is 3.60. The average Bonchev–Trinajstić information content (AvgIpc) is 2.50. The molecule has 0 amide bonds. The zero-order valence-electron chi connectivity index (χ0n) is 11.5. The van der Waals surface area contributed by atoms with Crippen LogP contribution in [0.3, 0.4) is 0 Å². The van der Waals surface area contributed by atoms with Gasteiger partial charge < -0.3 is 13.9 Å². The summed E-state index contributed by atoms with van der Waals surface area (Å²) >= 11 is 0. The first kappa shape index (κ1) is 13.2. The zero-order valence-corrected chi connectivity index (χ0v) is 11.5. The molecule has 4 heteroatoms. The summed E-state index contributed by atoms with van der Waals surface area (Å²) in [4.78, 5) is 11.9. The molecule has 1 heterocycles. The summed E-state index contributed by atoms with van der Waals surface area (Å²) in [6, 6.07) is 16.1. The fourth-order valence-corrected chi connectivity index (χ4v) is 2.01. The van der Waals surface area contributed by atoms with Crippen LogP contribution in [0, 0.1) is 0 Å². The first-order valence-corrected chi connectivity index (χ1v) is 6.70. The molecule has 0 N–H and O–H groups in total. The Bertz CT molecular complexity index is 803. The lowest BCUT2D eigenvalue weighted by Gasteiger charge is -2.07. The van der Waals surface area contributed by atoms with Crippen LogP contribution in [0.5, 0.6) is 17.2 Å². The highest BCUT2D eigenvalue weighted by atomic mass is 16.5. The summed E-state index contributed by atoms with van der Waals surface area (Å²) in [5, 5.41) is 0.818. The second-order valence-corrected chi connectivity index (χ2v) is 4.44. The SMILES string of the molecule is CCOc1ccc(Oc2cc3ccccc3oc2=O)cc1. The van der Waals surface area contributed by atoms with Gasteiger partial charge >= 0.3 is 5.63 Å². The molecule has 0 bridgehead atoms. The minimum Gasteiger partial charge on any atom is -0.494 e.